The molecular formula is C18H27NO2. The van der Waals surface area contributed by atoms with E-state index in [-0.39, 0.29) is 5.75 Å². The van der Waals surface area contributed by atoms with Gasteiger partial charge in [-0.15, -0.1) is 0 Å². The number of piperidine rings is 1. The molecule has 0 aromatic heterocycles. The fraction of sp³-hybridized carbons (Fsp3) is 0.667. The molecule has 1 N–H and O–H groups in total. The first-order valence-electron chi connectivity index (χ1n) is 8.22. The predicted molar refractivity (Wildman–Crippen MR) is 84.9 cm³/mol. The highest BCUT2D eigenvalue weighted by atomic mass is 16.5. The average molecular weight is 289 g/mol. The normalized spacial score (nSPS) is 25.5. The van der Waals surface area contributed by atoms with Gasteiger partial charge in [0.15, 0.2) is 11.5 Å². The van der Waals surface area contributed by atoms with Gasteiger partial charge >= 0.3 is 0 Å². The Morgan fingerprint density at radius 2 is 2.14 bits per heavy atom. The first kappa shape index (κ1) is 14.7. The minimum Gasteiger partial charge on any atom is -0.504 e. The van der Waals surface area contributed by atoms with Crippen molar-refractivity contribution in [1.29, 1.82) is 0 Å². The van der Waals surface area contributed by atoms with E-state index in [1.54, 1.807) is 7.11 Å². The van der Waals surface area contributed by atoms with Crippen molar-refractivity contribution in [3.8, 4) is 11.5 Å². The van der Waals surface area contributed by atoms with E-state index in [4.69, 9.17) is 4.74 Å². The minimum absolute atomic E-state index is 0.276. The van der Waals surface area contributed by atoms with Crippen molar-refractivity contribution < 1.29 is 9.84 Å². The molecule has 1 aromatic carbocycles. The monoisotopic (exact) mass is 289 g/mol. The summed E-state index contributed by atoms with van der Waals surface area (Å²) < 4.78 is 5.30. The standard InChI is InChI=1S/C18H27NO2/c1-12(2)8-13-4-5-16-15-10-18(21-3)17(20)9-14(15)6-7-19(16)11-13/h9-10,12-13,16,20H,4-8,11H2,1-3H3/t13-,16-/m1/s1. The Morgan fingerprint density at radius 3 is 2.86 bits per heavy atom. The van der Waals surface area contributed by atoms with Crippen LogP contribution < -0.4 is 4.74 Å². The SMILES string of the molecule is COc1cc2c(cc1O)CCN1C[C@@H](CC(C)C)CC[C@H]21. The zero-order valence-electron chi connectivity index (χ0n) is 13.4. The molecular weight excluding hydrogens is 262 g/mol. The number of ether oxygens (including phenoxy) is 1. The largest absolute Gasteiger partial charge is 0.504 e. The Morgan fingerprint density at radius 1 is 1.33 bits per heavy atom. The van der Waals surface area contributed by atoms with Crippen LogP contribution in [0.2, 0.25) is 0 Å². The van der Waals surface area contributed by atoms with Gasteiger partial charge in [-0.3, -0.25) is 4.90 Å². The zero-order chi connectivity index (χ0) is 15.0. The van der Waals surface area contributed by atoms with Crippen LogP contribution in [0.15, 0.2) is 12.1 Å². The minimum atomic E-state index is 0.276. The highest BCUT2D eigenvalue weighted by Gasteiger charge is 2.34. The Balaban J connectivity index is 1.81. The van der Waals surface area contributed by atoms with Crippen LogP contribution >= 0.6 is 0 Å². The van der Waals surface area contributed by atoms with Crippen molar-refractivity contribution in [3.63, 3.8) is 0 Å². The Labute approximate surface area is 127 Å². The summed E-state index contributed by atoms with van der Waals surface area (Å²) in [5.74, 6) is 2.53. The summed E-state index contributed by atoms with van der Waals surface area (Å²) in [5, 5.41) is 9.97. The number of benzene rings is 1. The fourth-order valence-electron chi connectivity index (χ4n) is 4.17. The fourth-order valence-corrected chi connectivity index (χ4v) is 4.17. The summed E-state index contributed by atoms with van der Waals surface area (Å²) in [6, 6.07) is 4.49. The molecule has 0 spiro atoms. The second-order valence-electron chi connectivity index (χ2n) is 7.06. The van der Waals surface area contributed by atoms with Crippen molar-refractivity contribution in [2.45, 2.75) is 45.6 Å². The van der Waals surface area contributed by atoms with Crippen LogP contribution in [0.4, 0.5) is 0 Å². The Hall–Kier alpha value is -1.22. The molecule has 0 unspecified atom stereocenters. The lowest BCUT2D eigenvalue weighted by Gasteiger charge is -2.44. The number of aromatic hydroxyl groups is 1. The molecule has 3 heteroatoms. The van der Waals surface area contributed by atoms with E-state index in [2.05, 4.69) is 24.8 Å². The van der Waals surface area contributed by atoms with E-state index in [9.17, 15) is 5.11 Å². The van der Waals surface area contributed by atoms with Crippen molar-refractivity contribution in [2.75, 3.05) is 20.2 Å². The van der Waals surface area contributed by atoms with Crippen LogP contribution in [0, 0.1) is 11.8 Å². The number of hydrogen-bond donors (Lipinski definition) is 1. The highest BCUT2D eigenvalue weighted by Crippen LogP contribution is 2.43. The van der Waals surface area contributed by atoms with Gasteiger partial charge in [-0.25, -0.2) is 0 Å². The van der Waals surface area contributed by atoms with E-state index in [1.165, 1.54) is 36.9 Å². The maximum absolute atomic E-state index is 9.97. The Bertz CT molecular complexity index is 512. The first-order valence-corrected chi connectivity index (χ1v) is 8.22. The lowest BCUT2D eigenvalue weighted by atomic mass is 9.81. The molecule has 2 aliphatic heterocycles. The van der Waals surface area contributed by atoms with Gasteiger partial charge in [0.1, 0.15) is 0 Å². The molecule has 1 aromatic rings. The number of methoxy groups -OCH3 is 1. The second-order valence-corrected chi connectivity index (χ2v) is 7.06. The quantitative estimate of drug-likeness (QED) is 0.919. The molecule has 0 radical (unpaired) electrons. The first-order chi connectivity index (χ1) is 10.1. The van der Waals surface area contributed by atoms with Crippen LogP contribution in [0.5, 0.6) is 11.5 Å². The molecule has 0 bridgehead atoms. The molecule has 2 aliphatic rings. The number of nitrogens with zero attached hydrogens (tertiary/aromatic N) is 1. The van der Waals surface area contributed by atoms with Gasteiger partial charge in [-0.1, -0.05) is 13.8 Å². The van der Waals surface area contributed by atoms with Crippen LogP contribution in [-0.4, -0.2) is 30.2 Å². The van der Waals surface area contributed by atoms with Gasteiger partial charge in [0, 0.05) is 19.1 Å². The molecule has 116 valence electrons. The van der Waals surface area contributed by atoms with Gasteiger partial charge in [0.2, 0.25) is 0 Å². The molecule has 21 heavy (non-hydrogen) atoms. The molecule has 1 saturated heterocycles. The number of phenolic OH excluding ortho intramolecular Hbond substituents is 1. The van der Waals surface area contributed by atoms with E-state index in [0.717, 1.165) is 24.8 Å². The molecule has 3 nitrogen and oxygen atoms in total. The molecule has 3 rings (SSSR count). The number of rotatable bonds is 3. The van der Waals surface area contributed by atoms with Crippen LogP contribution in [-0.2, 0) is 6.42 Å². The van der Waals surface area contributed by atoms with Crippen LogP contribution in [0.3, 0.4) is 0 Å². The van der Waals surface area contributed by atoms with Crippen molar-refractivity contribution in [1.82, 2.24) is 4.90 Å². The van der Waals surface area contributed by atoms with E-state index in [1.807, 2.05) is 6.07 Å². The summed E-state index contributed by atoms with van der Waals surface area (Å²) in [7, 11) is 1.63. The van der Waals surface area contributed by atoms with E-state index in [0.29, 0.717) is 11.8 Å². The number of fused-ring (bicyclic) bond motifs is 3. The highest BCUT2D eigenvalue weighted by molar-refractivity contribution is 5.48. The van der Waals surface area contributed by atoms with Crippen LogP contribution in [0.25, 0.3) is 0 Å². The third-order valence-corrected chi connectivity index (χ3v) is 5.05. The predicted octanol–water partition coefficient (Wildman–Crippen LogP) is 3.76. The lowest BCUT2D eigenvalue weighted by molar-refractivity contribution is 0.0894. The maximum Gasteiger partial charge on any atom is 0.160 e. The van der Waals surface area contributed by atoms with Crippen LogP contribution in [0.1, 0.15) is 50.3 Å². The summed E-state index contributed by atoms with van der Waals surface area (Å²) in [6.07, 6.45) is 4.94. The summed E-state index contributed by atoms with van der Waals surface area (Å²) >= 11 is 0. The molecule has 0 aliphatic carbocycles. The van der Waals surface area contributed by atoms with E-state index >= 15 is 0 Å². The molecule has 2 atom stereocenters. The zero-order valence-corrected chi connectivity index (χ0v) is 13.4. The lowest BCUT2D eigenvalue weighted by Crippen LogP contribution is -2.42. The topological polar surface area (TPSA) is 32.7 Å². The van der Waals surface area contributed by atoms with Gasteiger partial charge < -0.3 is 9.84 Å². The summed E-state index contributed by atoms with van der Waals surface area (Å²) in [6.45, 7) is 7.00. The number of hydrogen-bond acceptors (Lipinski definition) is 3. The third kappa shape index (κ3) is 2.89. The molecule has 1 fully saturated rings. The summed E-state index contributed by atoms with van der Waals surface area (Å²) in [4.78, 5) is 2.65. The van der Waals surface area contributed by atoms with Gasteiger partial charge in [-0.05, 0) is 60.8 Å². The molecule has 2 heterocycles. The third-order valence-electron chi connectivity index (χ3n) is 5.05. The van der Waals surface area contributed by atoms with Gasteiger partial charge in [0.05, 0.1) is 7.11 Å². The maximum atomic E-state index is 9.97. The van der Waals surface area contributed by atoms with Crippen molar-refractivity contribution in [3.05, 3.63) is 23.3 Å². The van der Waals surface area contributed by atoms with E-state index < -0.39 is 0 Å². The average Bonchev–Trinajstić information content (AvgIpc) is 2.45. The van der Waals surface area contributed by atoms with Crippen molar-refractivity contribution >= 4 is 0 Å². The number of phenols is 1. The smallest absolute Gasteiger partial charge is 0.160 e. The molecule has 0 saturated carbocycles. The second kappa shape index (κ2) is 5.88. The van der Waals surface area contributed by atoms with Gasteiger partial charge in [0.25, 0.3) is 0 Å². The van der Waals surface area contributed by atoms with Crippen molar-refractivity contribution in [2.24, 2.45) is 11.8 Å². The van der Waals surface area contributed by atoms with Gasteiger partial charge in [-0.2, -0.15) is 0 Å². The summed E-state index contributed by atoms with van der Waals surface area (Å²) in [5.41, 5.74) is 2.68. The Kier molecular flexibility index (Phi) is 4.12. The molecule has 0 amide bonds.